The van der Waals surface area contributed by atoms with Crippen molar-refractivity contribution in [3.05, 3.63) is 41.2 Å². The second-order valence-corrected chi connectivity index (χ2v) is 6.40. The molecule has 0 saturated heterocycles. The van der Waals surface area contributed by atoms with Gasteiger partial charge < -0.3 is 9.88 Å². The summed E-state index contributed by atoms with van der Waals surface area (Å²) in [6, 6.07) is 7.72. The van der Waals surface area contributed by atoms with Crippen molar-refractivity contribution >= 4 is 23.5 Å². The molecule has 0 spiro atoms. The minimum absolute atomic E-state index is 0.0635. The van der Waals surface area contributed by atoms with E-state index in [9.17, 15) is 9.59 Å². The lowest BCUT2D eigenvalue weighted by molar-refractivity contribution is -0.118. The summed E-state index contributed by atoms with van der Waals surface area (Å²) in [5, 5.41) is 11.7. The quantitative estimate of drug-likeness (QED) is 0.585. The molecule has 0 aliphatic carbocycles. The number of aryl methyl sites for hydroxylation is 1. The summed E-state index contributed by atoms with van der Waals surface area (Å²) in [6.07, 6.45) is 1.57. The Hall–Kier alpha value is -2.15. The summed E-state index contributed by atoms with van der Waals surface area (Å²) >= 11 is 1.37. The van der Waals surface area contributed by atoms with Gasteiger partial charge in [0.05, 0.1) is 5.75 Å². The van der Waals surface area contributed by atoms with E-state index < -0.39 is 0 Å². The number of amides is 1. The molecule has 6 nitrogen and oxygen atoms in total. The van der Waals surface area contributed by atoms with Gasteiger partial charge in [-0.1, -0.05) is 43.0 Å². The van der Waals surface area contributed by atoms with E-state index in [-0.39, 0.29) is 11.7 Å². The standard InChI is InChI=1S/C17H22N4O2S/c1-4-13-5-7-14(8-6-13)15(23)11-24-17-20-19-16(21(17)3)9-10-18-12(2)22/h5-8H,4,9-11H2,1-3H3,(H,18,22). The van der Waals surface area contributed by atoms with Gasteiger partial charge in [-0.3, -0.25) is 9.59 Å². The Balaban J connectivity index is 1.90. The second-order valence-electron chi connectivity index (χ2n) is 5.45. The third kappa shape index (κ3) is 4.92. The number of rotatable bonds is 8. The molecular formula is C17H22N4O2S. The number of nitrogens with one attached hydrogen (secondary N) is 1. The van der Waals surface area contributed by atoms with Gasteiger partial charge in [0.15, 0.2) is 10.9 Å². The summed E-state index contributed by atoms with van der Waals surface area (Å²) in [5.41, 5.74) is 1.93. The number of carbonyl (C=O) groups excluding carboxylic acids is 2. The SMILES string of the molecule is CCc1ccc(C(=O)CSc2nnc(CCNC(C)=O)n2C)cc1. The number of carbonyl (C=O) groups is 2. The van der Waals surface area contributed by atoms with Crippen LogP contribution in [-0.2, 0) is 24.7 Å². The van der Waals surface area contributed by atoms with Gasteiger partial charge in [0.1, 0.15) is 5.82 Å². The first kappa shape index (κ1) is 18.2. The highest BCUT2D eigenvalue weighted by atomic mass is 32.2. The first-order valence-electron chi connectivity index (χ1n) is 7.89. The van der Waals surface area contributed by atoms with Gasteiger partial charge in [-0.2, -0.15) is 0 Å². The highest BCUT2D eigenvalue weighted by Gasteiger charge is 2.12. The van der Waals surface area contributed by atoms with Crippen LogP contribution in [0.4, 0.5) is 0 Å². The minimum atomic E-state index is -0.0635. The van der Waals surface area contributed by atoms with Crippen molar-refractivity contribution in [1.29, 1.82) is 0 Å². The van der Waals surface area contributed by atoms with Crippen LogP contribution < -0.4 is 5.32 Å². The number of ketones is 1. The molecule has 0 fully saturated rings. The van der Waals surface area contributed by atoms with Crippen molar-refractivity contribution in [2.24, 2.45) is 7.05 Å². The molecular weight excluding hydrogens is 324 g/mol. The minimum Gasteiger partial charge on any atom is -0.356 e. The van der Waals surface area contributed by atoms with E-state index in [1.807, 2.05) is 35.9 Å². The molecule has 7 heteroatoms. The Morgan fingerprint density at radius 1 is 1.21 bits per heavy atom. The lowest BCUT2D eigenvalue weighted by Crippen LogP contribution is -2.23. The monoisotopic (exact) mass is 346 g/mol. The van der Waals surface area contributed by atoms with Gasteiger partial charge in [-0.25, -0.2) is 0 Å². The van der Waals surface area contributed by atoms with Crippen LogP contribution in [0.3, 0.4) is 0 Å². The number of Topliss-reactive ketones (excluding diaryl/α,β-unsaturated/α-hetero) is 1. The molecule has 2 aromatic rings. The Bertz CT molecular complexity index is 710. The number of benzene rings is 1. The highest BCUT2D eigenvalue weighted by Crippen LogP contribution is 2.18. The topological polar surface area (TPSA) is 76.9 Å². The number of thioether (sulfide) groups is 1. The number of hydrogen-bond donors (Lipinski definition) is 1. The van der Waals surface area contributed by atoms with E-state index >= 15 is 0 Å². The van der Waals surface area contributed by atoms with Crippen LogP contribution in [0.5, 0.6) is 0 Å². The van der Waals surface area contributed by atoms with Crippen LogP contribution in [0.2, 0.25) is 0 Å². The predicted octanol–water partition coefficient (Wildman–Crippen LogP) is 2.03. The van der Waals surface area contributed by atoms with Crippen molar-refractivity contribution in [3.8, 4) is 0 Å². The normalized spacial score (nSPS) is 10.6. The maximum absolute atomic E-state index is 12.3. The third-order valence-electron chi connectivity index (χ3n) is 3.66. The molecule has 1 aromatic heterocycles. The van der Waals surface area contributed by atoms with Crippen molar-refractivity contribution in [3.63, 3.8) is 0 Å². The molecule has 1 amide bonds. The van der Waals surface area contributed by atoms with Gasteiger partial charge in [-0.05, 0) is 12.0 Å². The predicted molar refractivity (Wildman–Crippen MR) is 94.3 cm³/mol. The van der Waals surface area contributed by atoms with Crippen LogP contribution >= 0.6 is 11.8 Å². The van der Waals surface area contributed by atoms with Crippen LogP contribution in [0, 0.1) is 0 Å². The number of aromatic nitrogens is 3. The molecule has 24 heavy (non-hydrogen) atoms. The highest BCUT2D eigenvalue weighted by molar-refractivity contribution is 7.99. The zero-order valence-corrected chi connectivity index (χ0v) is 15.0. The molecule has 128 valence electrons. The molecule has 0 aliphatic rings. The zero-order chi connectivity index (χ0) is 17.5. The molecule has 2 rings (SSSR count). The van der Waals surface area contributed by atoms with E-state index in [4.69, 9.17) is 0 Å². The number of nitrogens with zero attached hydrogens (tertiary/aromatic N) is 3. The smallest absolute Gasteiger partial charge is 0.216 e. The van der Waals surface area contributed by atoms with Crippen molar-refractivity contribution in [2.75, 3.05) is 12.3 Å². The Labute approximate surface area is 146 Å². The van der Waals surface area contributed by atoms with Crippen LogP contribution in [0.15, 0.2) is 29.4 Å². The van der Waals surface area contributed by atoms with E-state index in [1.165, 1.54) is 24.2 Å². The van der Waals surface area contributed by atoms with Crippen molar-refractivity contribution in [2.45, 2.75) is 31.8 Å². The Kier molecular flexibility index (Phi) is 6.54. The maximum atomic E-state index is 12.3. The lowest BCUT2D eigenvalue weighted by atomic mass is 10.1. The summed E-state index contributed by atoms with van der Waals surface area (Å²) in [7, 11) is 1.87. The van der Waals surface area contributed by atoms with E-state index in [1.54, 1.807) is 0 Å². The Morgan fingerprint density at radius 3 is 2.54 bits per heavy atom. The average molecular weight is 346 g/mol. The molecule has 0 unspecified atom stereocenters. The second kappa shape index (κ2) is 8.63. The molecule has 0 aliphatic heterocycles. The first-order valence-corrected chi connectivity index (χ1v) is 8.87. The molecule has 0 radical (unpaired) electrons. The molecule has 0 saturated carbocycles. The van der Waals surface area contributed by atoms with Crippen LogP contribution in [0.1, 0.15) is 35.6 Å². The van der Waals surface area contributed by atoms with E-state index in [0.717, 1.165) is 12.2 Å². The van der Waals surface area contributed by atoms with Gasteiger partial charge in [0.25, 0.3) is 0 Å². The van der Waals surface area contributed by atoms with Gasteiger partial charge in [0.2, 0.25) is 5.91 Å². The molecule has 0 bridgehead atoms. The van der Waals surface area contributed by atoms with E-state index in [0.29, 0.717) is 29.4 Å². The molecule has 0 atom stereocenters. The molecule has 1 heterocycles. The fourth-order valence-electron chi connectivity index (χ4n) is 2.18. The van der Waals surface area contributed by atoms with Crippen molar-refractivity contribution < 1.29 is 9.59 Å². The fraction of sp³-hybridized carbons (Fsp3) is 0.412. The zero-order valence-electron chi connectivity index (χ0n) is 14.2. The Morgan fingerprint density at radius 2 is 1.92 bits per heavy atom. The van der Waals surface area contributed by atoms with Crippen molar-refractivity contribution in [1.82, 2.24) is 20.1 Å². The van der Waals surface area contributed by atoms with Gasteiger partial charge in [0, 0.05) is 32.5 Å². The average Bonchev–Trinajstić information content (AvgIpc) is 2.93. The van der Waals surface area contributed by atoms with Gasteiger partial charge >= 0.3 is 0 Å². The fourth-order valence-corrected chi connectivity index (χ4v) is 3.00. The first-order chi connectivity index (χ1) is 11.5. The van der Waals surface area contributed by atoms with Crippen LogP contribution in [0.25, 0.3) is 0 Å². The largest absolute Gasteiger partial charge is 0.356 e. The molecule has 1 N–H and O–H groups in total. The summed E-state index contributed by atoms with van der Waals surface area (Å²) < 4.78 is 1.86. The summed E-state index contributed by atoms with van der Waals surface area (Å²) in [4.78, 5) is 23.1. The van der Waals surface area contributed by atoms with Gasteiger partial charge in [-0.15, -0.1) is 10.2 Å². The van der Waals surface area contributed by atoms with E-state index in [2.05, 4.69) is 22.4 Å². The number of hydrogen-bond acceptors (Lipinski definition) is 5. The summed E-state index contributed by atoms with van der Waals surface area (Å²) in [6.45, 7) is 4.09. The van der Waals surface area contributed by atoms with Crippen LogP contribution in [-0.4, -0.2) is 38.8 Å². The third-order valence-corrected chi connectivity index (χ3v) is 4.68. The molecule has 1 aromatic carbocycles. The summed E-state index contributed by atoms with van der Waals surface area (Å²) in [5.74, 6) is 1.12. The lowest BCUT2D eigenvalue weighted by Gasteiger charge is -2.05. The maximum Gasteiger partial charge on any atom is 0.216 e.